The SMILES string of the molecule is c1cc(-n2cc3c(c2)CCCC3)ccc1-n1cc2c(c1)CCCC2. The molecule has 0 amide bonds. The first-order valence-corrected chi connectivity index (χ1v) is 9.37. The third kappa shape index (κ3) is 2.41. The van der Waals surface area contributed by atoms with E-state index < -0.39 is 0 Å². The number of benzene rings is 1. The predicted molar refractivity (Wildman–Crippen MR) is 98.4 cm³/mol. The van der Waals surface area contributed by atoms with Crippen molar-refractivity contribution >= 4 is 0 Å². The fourth-order valence-corrected chi connectivity index (χ4v) is 4.34. The highest BCUT2D eigenvalue weighted by Gasteiger charge is 2.14. The Morgan fingerprint density at radius 1 is 0.458 bits per heavy atom. The average molecular weight is 316 g/mol. The van der Waals surface area contributed by atoms with Crippen LogP contribution in [-0.2, 0) is 25.7 Å². The second-order valence-corrected chi connectivity index (χ2v) is 7.36. The second-order valence-electron chi connectivity index (χ2n) is 7.36. The molecule has 2 heteroatoms. The molecule has 0 fully saturated rings. The molecule has 1 aromatic carbocycles. The maximum absolute atomic E-state index is 2.33. The van der Waals surface area contributed by atoms with E-state index in [1.807, 2.05) is 0 Å². The third-order valence-corrected chi connectivity index (χ3v) is 5.74. The molecular formula is C22H24N2. The van der Waals surface area contributed by atoms with Crippen LogP contribution in [0.4, 0.5) is 0 Å². The van der Waals surface area contributed by atoms with E-state index in [1.165, 1.54) is 62.7 Å². The second kappa shape index (κ2) is 5.70. The number of hydrogen-bond donors (Lipinski definition) is 0. The van der Waals surface area contributed by atoms with Gasteiger partial charge in [0.1, 0.15) is 0 Å². The molecule has 0 saturated heterocycles. The summed E-state index contributed by atoms with van der Waals surface area (Å²) in [6.07, 6.45) is 19.7. The van der Waals surface area contributed by atoms with Gasteiger partial charge in [0.25, 0.3) is 0 Å². The van der Waals surface area contributed by atoms with Gasteiger partial charge in [0.15, 0.2) is 0 Å². The van der Waals surface area contributed by atoms with Crippen molar-refractivity contribution in [2.75, 3.05) is 0 Å². The zero-order chi connectivity index (χ0) is 15.9. The van der Waals surface area contributed by atoms with E-state index in [2.05, 4.69) is 58.2 Å². The molecule has 0 spiro atoms. The Labute approximate surface area is 143 Å². The Hall–Kier alpha value is -2.22. The van der Waals surface area contributed by atoms with E-state index in [1.54, 1.807) is 22.3 Å². The largest absolute Gasteiger partial charge is 0.323 e. The first-order chi connectivity index (χ1) is 11.9. The molecule has 0 atom stereocenters. The average Bonchev–Trinajstić information content (AvgIpc) is 3.25. The molecule has 2 nitrogen and oxygen atoms in total. The van der Waals surface area contributed by atoms with Crippen LogP contribution >= 0.6 is 0 Å². The minimum atomic E-state index is 1.25. The Bertz CT molecular complexity index is 744. The van der Waals surface area contributed by atoms with Gasteiger partial charge in [-0.3, -0.25) is 0 Å². The fraction of sp³-hybridized carbons (Fsp3) is 0.364. The lowest BCUT2D eigenvalue weighted by atomic mass is 9.96. The first-order valence-electron chi connectivity index (χ1n) is 9.37. The van der Waals surface area contributed by atoms with E-state index in [-0.39, 0.29) is 0 Å². The summed E-state index contributed by atoms with van der Waals surface area (Å²) in [6.45, 7) is 0. The van der Waals surface area contributed by atoms with Gasteiger partial charge in [-0.25, -0.2) is 0 Å². The topological polar surface area (TPSA) is 9.86 Å². The first kappa shape index (κ1) is 14.2. The lowest BCUT2D eigenvalue weighted by molar-refractivity contribution is 0.690. The van der Waals surface area contributed by atoms with Crippen molar-refractivity contribution in [1.82, 2.24) is 9.13 Å². The van der Waals surface area contributed by atoms with Crippen molar-refractivity contribution < 1.29 is 0 Å². The lowest BCUT2D eigenvalue weighted by Gasteiger charge is -2.08. The molecule has 2 heterocycles. The van der Waals surface area contributed by atoms with E-state index >= 15 is 0 Å². The Morgan fingerprint density at radius 2 is 0.750 bits per heavy atom. The monoisotopic (exact) mass is 316 g/mol. The van der Waals surface area contributed by atoms with Crippen LogP contribution in [0.15, 0.2) is 49.1 Å². The summed E-state index contributed by atoms with van der Waals surface area (Å²) < 4.78 is 4.61. The number of fused-ring (bicyclic) bond motifs is 2. The molecule has 122 valence electrons. The van der Waals surface area contributed by atoms with Crippen molar-refractivity contribution in [2.45, 2.75) is 51.4 Å². The lowest BCUT2D eigenvalue weighted by Crippen LogP contribution is -1.97. The zero-order valence-corrected chi connectivity index (χ0v) is 14.2. The number of aryl methyl sites for hydroxylation is 4. The summed E-state index contributed by atoms with van der Waals surface area (Å²) in [6, 6.07) is 9.00. The molecule has 0 radical (unpaired) electrons. The van der Waals surface area contributed by atoms with Gasteiger partial charge in [-0.05, 0) is 97.9 Å². The Balaban J connectivity index is 1.44. The fourth-order valence-electron chi connectivity index (χ4n) is 4.34. The smallest absolute Gasteiger partial charge is 0.0451 e. The molecule has 2 aromatic heterocycles. The minimum Gasteiger partial charge on any atom is -0.323 e. The summed E-state index contributed by atoms with van der Waals surface area (Å²) in [4.78, 5) is 0. The van der Waals surface area contributed by atoms with Crippen LogP contribution in [0, 0.1) is 0 Å². The maximum Gasteiger partial charge on any atom is 0.0451 e. The molecule has 24 heavy (non-hydrogen) atoms. The van der Waals surface area contributed by atoms with Gasteiger partial charge in [-0.2, -0.15) is 0 Å². The van der Waals surface area contributed by atoms with E-state index in [0.29, 0.717) is 0 Å². The standard InChI is InChI=1S/C22H24N2/c1-2-6-18-14-23(13-17(18)5-1)21-9-11-22(12-10-21)24-15-19-7-3-4-8-20(19)16-24/h9-16H,1-8H2. The van der Waals surface area contributed by atoms with Gasteiger partial charge >= 0.3 is 0 Å². The van der Waals surface area contributed by atoms with Crippen LogP contribution in [0.25, 0.3) is 11.4 Å². The van der Waals surface area contributed by atoms with Crippen LogP contribution in [0.3, 0.4) is 0 Å². The molecule has 5 rings (SSSR count). The number of hydrogen-bond acceptors (Lipinski definition) is 0. The van der Waals surface area contributed by atoms with Crippen molar-refractivity contribution in [3.8, 4) is 11.4 Å². The van der Waals surface area contributed by atoms with Crippen LogP contribution in [0.2, 0.25) is 0 Å². The van der Waals surface area contributed by atoms with Crippen molar-refractivity contribution in [1.29, 1.82) is 0 Å². The van der Waals surface area contributed by atoms with Crippen LogP contribution in [0.5, 0.6) is 0 Å². The van der Waals surface area contributed by atoms with Crippen molar-refractivity contribution in [2.24, 2.45) is 0 Å². The highest BCUT2D eigenvalue weighted by molar-refractivity contribution is 5.45. The Morgan fingerprint density at radius 3 is 1.04 bits per heavy atom. The summed E-state index contributed by atoms with van der Waals surface area (Å²) in [7, 11) is 0. The van der Waals surface area contributed by atoms with Gasteiger partial charge in [-0.1, -0.05) is 0 Å². The quantitative estimate of drug-likeness (QED) is 0.628. The molecule has 0 aliphatic heterocycles. The minimum absolute atomic E-state index is 1.25. The summed E-state index contributed by atoms with van der Waals surface area (Å²) in [5.74, 6) is 0. The van der Waals surface area contributed by atoms with Crippen LogP contribution in [-0.4, -0.2) is 9.13 Å². The maximum atomic E-state index is 2.33. The number of nitrogens with zero attached hydrogens (tertiary/aromatic N) is 2. The molecule has 2 aliphatic carbocycles. The van der Waals surface area contributed by atoms with Gasteiger partial charge < -0.3 is 9.13 Å². The van der Waals surface area contributed by atoms with Gasteiger partial charge in [-0.15, -0.1) is 0 Å². The summed E-state index contributed by atoms with van der Waals surface area (Å²) >= 11 is 0. The zero-order valence-electron chi connectivity index (χ0n) is 14.2. The normalized spacial score (nSPS) is 16.7. The van der Waals surface area contributed by atoms with Gasteiger partial charge in [0.2, 0.25) is 0 Å². The van der Waals surface area contributed by atoms with E-state index in [9.17, 15) is 0 Å². The summed E-state index contributed by atoms with van der Waals surface area (Å²) in [5, 5.41) is 0. The molecule has 0 bridgehead atoms. The molecule has 0 unspecified atom stereocenters. The molecule has 2 aliphatic rings. The third-order valence-electron chi connectivity index (χ3n) is 5.74. The van der Waals surface area contributed by atoms with E-state index in [4.69, 9.17) is 0 Å². The number of aromatic nitrogens is 2. The Kier molecular flexibility index (Phi) is 3.36. The van der Waals surface area contributed by atoms with Crippen molar-refractivity contribution in [3.63, 3.8) is 0 Å². The van der Waals surface area contributed by atoms with E-state index in [0.717, 1.165) is 0 Å². The van der Waals surface area contributed by atoms with Gasteiger partial charge in [0, 0.05) is 36.2 Å². The van der Waals surface area contributed by atoms with Gasteiger partial charge in [0.05, 0.1) is 0 Å². The van der Waals surface area contributed by atoms with Crippen LogP contribution in [0.1, 0.15) is 47.9 Å². The number of rotatable bonds is 2. The highest BCUT2D eigenvalue weighted by Crippen LogP contribution is 2.26. The summed E-state index contributed by atoms with van der Waals surface area (Å²) in [5.41, 5.74) is 8.72. The molecule has 0 saturated carbocycles. The highest BCUT2D eigenvalue weighted by atomic mass is 15.0. The molecular weight excluding hydrogens is 292 g/mol. The van der Waals surface area contributed by atoms with Crippen molar-refractivity contribution in [3.05, 3.63) is 71.3 Å². The molecule has 0 N–H and O–H groups in total. The van der Waals surface area contributed by atoms with Crippen LogP contribution < -0.4 is 0 Å². The molecule has 3 aromatic rings. The predicted octanol–water partition coefficient (Wildman–Crippen LogP) is 5.03.